The largest absolute Gasteiger partial charge is 0.266 e. The number of allylic oxidation sites excluding steroid dienone is 1. The topological polar surface area (TPSA) is 75.8 Å². The van der Waals surface area contributed by atoms with Gasteiger partial charge in [0, 0.05) is 7.05 Å². The Labute approximate surface area is 103 Å². The normalized spacial score (nSPS) is 11.1. The van der Waals surface area contributed by atoms with Gasteiger partial charge in [-0.1, -0.05) is 0 Å². The monoisotopic (exact) mass is 275 g/mol. The number of hydrogen-bond donors (Lipinski definition) is 0. The molecule has 1 heterocycles. The second-order valence-corrected chi connectivity index (χ2v) is 5.63. The van der Waals surface area contributed by atoms with E-state index in [9.17, 15) is 17.2 Å². The highest BCUT2D eigenvalue weighted by Gasteiger charge is 2.25. The lowest BCUT2D eigenvalue weighted by Crippen LogP contribution is -2.12. The van der Waals surface area contributed by atoms with Gasteiger partial charge in [-0.3, -0.25) is 4.68 Å². The zero-order valence-corrected chi connectivity index (χ0v) is 10.6. The van der Waals surface area contributed by atoms with Crippen LogP contribution in [0.3, 0.4) is 0 Å². The number of aromatic nitrogens is 2. The number of sulfone groups is 1. The number of halogens is 2. The van der Waals surface area contributed by atoms with E-state index in [0.717, 1.165) is 4.68 Å². The first-order valence-corrected chi connectivity index (χ1v) is 6.62. The molecule has 0 aromatic carbocycles. The summed E-state index contributed by atoms with van der Waals surface area (Å²) in [7, 11) is -2.41. The van der Waals surface area contributed by atoms with Crippen LogP contribution in [0.1, 0.15) is 17.7 Å². The fourth-order valence-corrected chi connectivity index (χ4v) is 3.11. The second-order valence-electron chi connectivity index (χ2n) is 3.60. The Morgan fingerprint density at radius 2 is 2.17 bits per heavy atom. The zero-order valence-electron chi connectivity index (χ0n) is 9.81. The SMILES string of the molecule is Cc1nn(C)c(S(=O)(=O)CCC=C(F)F)c1C#N. The van der Waals surface area contributed by atoms with E-state index in [0.29, 0.717) is 11.8 Å². The van der Waals surface area contributed by atoms with Gasteiger partial charge in [0.15, 0.2) is 14.9 Å². The Kier molecular flexibility index (Phi) is 4.19. The molecule has 0 saturated heterocycles. The van der Waals surface area contributed by atoms with Gasteiger partial charge in [0.2, 0.25) is 0 Å². The maximum Gasteiger partial charge on any atom is 0.266 e. The second kappa shape index (κ2) is 5.27. The molecular formula is C10H11F2N3O2S. The number of hydrogen-bond acceptors (Lipinski definition) is 4. The predicted molar refractivity (Wildman–Crippen MR) is 59.6 cm³/mol. The van der Waals surface area contributed by atoms with Gasteiger partial charge in [-0.15, -0.1) is 0 Å². The average Bonchev–Trinajstić information content (AvgIpc) is 2.52. The highest BCUT2D eigenvalue weighted by molar-refractivity contribution is 7.91. The first kappa shape index (κ1) is 14.3. The van der Waals surface area contributed by atoms with Crippen molar-refractivity contribution in [2.45, 2.75) is 18.4 Å². The summed E-state index contributed by atoms with van der Waals surface area (Å²) in [4.78, 5) is 0. The fourth-order valence-electron chi connectivity index (χ4n) is 1.54. The lowest BCUT2D eigenvalue weighted by molar-refractivity contribution is 0.418. The Morgan fingerprint density at radius 1 is 1.56 bits per heavy atom. The van der Waals surface area contributed by atoms with Crippen LogP contribution in [0, 0.1) is 18.3 Å². The highest BCUT2D eigenvalue weighted by Crippen LogP contribution is 2.19. The van der Waals surface area contributed by atoms with Gasteiger partial charge in [-0.05, 0) is 19.4 Å². The van der Waals surface area contributed by atoms with Crippen molar-refractivity contribution in [3.63, 3.8) is 0 Å². The summed E-state index contributed by atoms with van der Waals surface area (Å²) in [5.74, 6) is -0.488. The van der Waals surface area contributed by atoms with E-state index in [1.807, 2.05) is 0 Å². The van der Waals surface area contributed by atoms with Crippen LogP contribution in [0.25, 0.3) is 0 Å². The van der Waals surface area contributed by atoms with Crippen molar-refractivity contribution < 1.29 is 17.2 Å². The van der Waals surface area contributed by atoms with Crippen LogP contribution in [-0.2, 0) is 16.9 Å². The van der Waals surface area contributed by atoms with Gasteiger partial charge in [-0.25, -0.2) is 8.42 Å². The molecule has 98 valence electrons. The van der Waals surface area contributed by atoms with Gasteiger partial charge in [-0.2, -0.15) is 19.1 Å². The number of nitriles is 1. The molecule has 0 aliphatic rings. The molecule has 1 rings (SSSR count). The van der Waals surface area contributed by atoms with Gasteiger partial charge in [0.05, 0.1) is 11.4 Å². The molecule has 0 unspecified atom stereocenters. The van der Waals surface area contributed by atoms with Crippen molar-refractivity contribution in [1.82, 2.24) is 9.78 Å². The Bertz CT molecular complexity index is 622. The first-order valence-electron chi connectivity index (χ1n) is 4.97. The third kappa shape index (κ3) is 2.92. The Morgan fingerprint density at radius 3 is 2.67 bits per heavy atom. The van der Waals surface area contributed by atoms with E-state index in [4.69, 9.17) is 5.26 Å². The molecule has 18 heavy (non-hydrogen) atoms. The van der Waals surface area contributed by atoms with Crippen LogP contribution in [-0.4, -0.2) is 24.0 Å². The summed E-state index contributed by atoms with van der Waals surface area (Å²) in [5, 5.41) is 12.5. The average molecular weight is 275 g/mol. The molecule has 0 spiro atoms. The first-order chi connectivity index (χ1) is 8.29. The molecule has 0 fully saturated rings. The minimum absolute atomic E-state index is 0.0396. The molecule has 0 radical (unpaired) electrons. The molecule has 0 aliphatic heterocycles. The number of aryl methyl sites for hydroxylation is 2. The number of rotatable bonds is 4. The third-order valence-corrected chi connectivity index (χ3v) is 4.09. The van der Waals surface area contributed by atoms with Crippen molar-refractivity contribution in [1.29, 1.82) is 5.26 Å². The molecule has 8 heteroatoms. The van der Waals surface area contributed by atoms with Gasteiger partial charge in [0.25, 0.3) is 6.08 Å². The fraction of sp³-hybridized carbons (Fsp3) is 0.400. The summed E-state index contributed by atoms with van der Waals surface area (Å²) in [6.45, 7) is 1.51. The number of nitrogens with zero attached hydrogens (tertiary/aromatic N) is 3. The molecule has 0 N–H and O–H groups in total. The highest BCUT2D eigenvalue weighted by atomic mass is 32.2. The van der Waals surface area contributed by atoms with Crippen molar-refractivity contribution >= 4 is 9.84 Å². The van der Waals surface area contributed by atoms with Gasteiger partial charge in [0.1, 0.15) is 11.6 Å². The van der Waals surface area contributed by atoms with Crippen LogP contribution in [0.2, 0.25) is 0 Å². The Hall–Kier alpha value is -1.75. The predicted octanol–water partition coefficient (Wildman–Crippen LogP) is 1.54. The van der Waals surface area contributed by atoms with Crippen molar-refractivity contribution in [3.05, 3.63) is 23.4 Å². The third-order valence-electron chi connectivity index (χ3n) is 2.26. The van der Waals surface area contributed by atoms with Crippen molar-refractivity contribution in [2.75, 3.05) is 5.75 Å². The lowest BCUT2D eigenvalue weighted by Gasteiger charge is -2.03. The van der Waals surface area contributed by atoms with Crippen molar-refractivity contribution in [2.24, 2.45) is 7.05 Å². The molecule has 0 aliphatic carbocycles. The van der Waals surface area contributed by atoms with Crippen molar-refractivity contribution in [3.8, 4) is 6.07 Å². The van der Waals surface area contributed by atoms with Crippen LogP contribution in [0.15, 0.2) is 17.2 Å². The molecule has 0 amide bonds. The van der Waals surface area contributed by atoms with E-state index in [-0.39, 0.29) is 17.0 Å². The standard InChI is InChI=1S/C10H11F2N3O2S/c1-7-8(6-13)10(15(2)14-7)18(16,17)5-3-4-9(11)12/h4H,3,5H2,1-2H3. The van der Waals surface area contributed by atoms with Crippen LogP contribution < -0.4 is 0 Å². The van der Waals surface area contributed by atoms with E-state index in [2.05, 4.69) is 5.10 Å². The smallest absolute Gasteiger partial charge is 0.256 e. The van der Waals surface area contributed by atoms with Gasteiger partial charge < -0.3 is 0 Å². The van der Waals surface area contributed by atoms with Gasteiger partial charge >= 0.3 is 0 Å². The summed E-state index contributed by atoms with van der Waals surface area (Å²) in [5.41, 5.74) is 0.257. The summed E-state index contributed by atoms with van der Waals surface area (Å²) >= 11 is 0. The molecule has 0 atom stereocenters. The zero-order chi connectivity index (χ0) is 13.9. The molecule has 1 aromatic heterocycles. The van der Waals surface area contributed by atoms with Crippen LogP contribution in [0.5, 0.6) is 0 Å². The van der Waals surface area contributed by atoms with E-state index in [1.54, 1.807) is 6.07 Å². The molecule has 0 bridgehead atoms. The minimum Gasteiger partial charge on any atom is -0.256 e. The van der Waals surface area contributed by atoms with E-state index in [1.165, 1.54) is 14.0 Å². The maximum atomic E-state index is 11.9. The van der Waals surface area contributed by atoms with Crippen LogP contribution >= 0.6 is 0 Å². The summed E-state index contributed by atoms with van der Waals surface area (Å²) in [6.07, 6.45) is -1.70. The van der Waals surface area contributed by atoms with Crippen LogP contribution in [0.4, 0.5) is 8.78 Å². The van der Waals surface area contributed by atoms with E-state index >= 15 is 0 Å². The summed E-state index contributed by atoms with van der Waals surface area (Å²) in [6, 6.07) is 1.76. The lowest BCUT2D eigenvalue weighted by atomic mass is 10.3. The minimum atomic E-state index is -3.81. The quantitative estimate of drug-likeness (QED) is 0.835. The molecular weight excluding hydrogens is 264 g/mol. The molecule has 1 aromatic rings. The molecule has 0 saturated carbocycles. The summed E-state index contributed by atoms with van der Waals surface area (Å²) < 4.78 is 48.6. The van der Waals surface area contributed by atoms with E-state index < -0.39 is 21.7 Å². The maximum absolute atomic E-state index is 11.9. The Balaban J connectivity index is 3.14. The molecule has 5 nitrogen and oxygen atoms in total.